The first-order valence-electron chi connectivity index (χ1n) is 9.38. The topological polar surface area (TPSA) is 43.9 Å². The molecule has 134 valence electrons. The van der Waals surface area contributed by atoms with Gasteiger partial charge in [-0.05, 0) is 32.4 Å². The highest BCUT2D eigenvalue weighted by molar-refractivity contribution is 6.06. The molecule has 0 saturated carbocycles. The summed E-state index contributed by atoms with van der Waals surface area (Å²) in [6, 6.07) is 7.62. The van der Waals surface area contributed by atoms with E-state index >= 15 is 0 Å². The fourth-order valence-electron chi connectivity index (χ4n) is 4.87. The molecule has 1 aromatic carbocycles. The van der Waals surface area contributed by atoms with E-state index in [1.807, 2.05) is 24.3 Å². The van der Waals surface area contributed by atoms with Crippen LogP contribution in [0.3, 0.4) is 0 Å². The van der Waals surface area contributed by atoms with Gasteiger partial charge in [0.05, 0.1) is 5.92 Å². The fraction of sp³-hybridized carbons (Fsp3) is 0.600. The molecule has 2 heterocycles. The Bertz CT molecular complexity index is 698. The summed E-state index contributed by atoms with van der Waals surface area (Å²) in [5.74, 6) is -0.0826. The number of hydrogen-bond donors (Lipinski definition) is 0. The number of rotatable bonds is 2. The third kappa shape index (κ3) is 2.70. The second kappa shape index (κ2) is 6.22. The number of likely N-dealkylation sites (tertiary alicyclic amines) is 1. The van der Waals surface area contributed by atoms with Gasteiger partial charge in [-0.15, -0.1) is 0 Å². The lowest BCUT2D eigenvalue weighted by molar-refractivity contribution is -0.155. The van der Waals surface area contributed by atoms with Crippen molar-refractivity contribution in [2.24, 2.45) is 0 Å². The Hall–Kier alpha value is -1.72. The quantitative estimate of drug-likeness (QED) is 0.825. The van der Waals surface area contributed by atoms with Crippen LogP contribution in [0.4, 0.5) is 0 Å². The van der Waals surface area contributed by atoms with E-state index < -0.39 is 0 Å². The number of ketones is 1. The van der Waals surface area contributed by atoms with Crippen LogP contribution in [0.15, 0.2) is 24.3 Å². The van der Waals surface area contributed by atoms with Crippen molar-refractivity contribution >= 4 is 11.7 Å². The summed E-state index contributed by atoms with van der Waals surface area (Å²) in [4.78, 5) is 32.7. The van der Waals surface area contributed by atoms with E-state index in [-0.39, 0.29) is 23.3 Å². The molecular weight excluding hydrogens is 314 g/mol. The Morgan fingerprint density at radius 2 is 1.84 bits per heavy atom. The van der Waals surface area contributed by atoms with Crippen molar-refractivity contribution in [3.8, 4) is 0 Å². The molecule has 5 nitrogen and oxygen atoms in total. The molecular formula is C20H27N3O2. The standard InChI is InChI=1S/C20H27N3O2/c1-20(22-9-5-6-10-22)14-21(2)11-12-23(20)19(25)17-13-18(24)16-8-4-3-7-15(16)17/h3-4,7-8,17H,5-6,9-14H2,1-2H3. The van der Waals surface area contributed by atoms with Crippen molar-refractivity contribution in [2.75, 3.05) is 39.8 Å². The molecule has 2 aliphatic heterocycles. The van der Waals surface area contributed by atoms with Gasteiger partial charge in [0.2, 0.25) is 5.91 Å². The predicted molar refractivity (Wildman–Crippen MR) is 96.6 cm³/mol. The SMILES string of the molecule is CN1CCN(C(=O)C2CC(=O)c3ccccc32)C(C)(N2CCCC2)C1. The van der Waals surface area contributed by atoms with E-state index in [2.05, 4.69) is 28.7 Å². The predicted octanol–water partition coefficient (Wildman–Crippen LogP) is 1.94. The van der Waals surface area contributed by atoms with Crippen molar-refractivity contribution in [2.45, 2.75) is 37.8 Å². The van der Waals surface area contributed by atoms with Gasteiger partial charge in [0.1, 0.15) is 5.66 Å². The molecule has 2 atom stereocenters. The molecule has 3 aliphatic rings. The van der Waals surface area contributed by atoms with Gasteiger partial charge >= 0.3 is 0 Å². The molecule has 2 fully saturated rings. The highest BCUT2D eigenvalue weighted by atomic mass is 16.2. The van der Waals surface area contributed by atoms with Gasteiger partial charge in [0.25, 0.3) is 0 Å². The summed E-state index contributed by atoms with van der Waals surface area (Å²) in [6.45, 7) is 6.78. The number of piperazine rings is 1. The fourth-order valence-corrected chi connectivity index (χ4v) is 4.87. The van der Waals surface area contributed by atoms with E-state index in [1.54, 1.807) is 0 Å². The maximum atomic E-state index is 13.5. The molecule has 25 heavy (non-hydrogen) atoms. The molecule has 0 radical (unpaired) electrons. The van der Waals surface area contributed by atoms with Crippen LogP contribution < -0.4 is 0 Å². The minimum absolute atomic E-state index is 0.103. The van der Waals surface area contributed by atoms with Crippen molar-refractivity contribution < 1.29 is 9.59 Å². The van der Waals surface area contributed by atoms with Gasteiger partial charge in [0.15, 0.2) is 5.78 Å². The van der Waals surface area contributed by atoms with Crippen LogP contribution in [0.25, 0.3) is 0 Å². The second-order valence-corrected chi connectivity index (χ2v) is 7.91. The Labute approximate surface area is 149 Å². The zero-order chi connectivity index (χ0) is 17.6. The smallest absolute Gasteiger partial charge is 0.232 e. The van der Waals surface area contributed by atoms with E-state index in [0.717, 1.165) is 43.9 Å². The minimum atomic E-state index is -0.311. The van der Waals surface area contributed by atoms with E-state index in [1.165, 1.54) is 12.8 Å². The van der Waals surface area contributed by atoms with E-state index in [4.69, 9.17) is 0 Å². The van der Waals surface area contributed by atoms with Crippen LogP contribution in [0, 0.1) is 0 Å². The van der Waals surface area contributed by atoms with Crippen molar-refractivity contribution in [3.63, 3.8) is 0 Å². The molecule has 2 unspecified atom stereocenters. The molecule has 0 spiro atoms. The number of nitrogens with zero attached hydrogens (tertiary/aromatic N) is 3. The third-order valence-electron chi connectivity index (χ3n) is 6.23. The average Bonchev–Trinajstić information content (AvgIpc) is 3.24. The first-order chi connectivity index (χ1) is 12.0. The van der Waals surface area contributed by atoms with Crippen LogP contribution in [0.1, 0.15) is 48.0 Å². The van der Waals surface area contributed by atoms with Crippen LogP contribution >= 0.6 is 0 Å². The number of fused-ring (bicyclic) bond motifs is 1. The van der Waals surface area contributed by atoms with Crippen LogP contribution in [-0.2, 0) is 4.79 Å². The maximum Gasteiger partial charge on any atom is 0.232 e. The molecule has 0 aromatic heterocycles. The molecule has 0 bridgehead atoms. The Morgan fingerprint density at radius 1 is 1.12 bits per heavy atom. The molecule has 4 rings (SSSR count). The molecule has 1 amide bonds. The number of amides is 1. The maximum absolute atomic E-state index is 13.5. The van der Waals surface area contributed by atoms with E-state index in [9.17, 15) is 9.59 Å². The summed E-state index contributed by atoms with van der Waals surface area (Å²) in [7, 11) is 2.13. The highest BCUT2D eigenvalue weighted by Gasteiger charge is 2.48. The lowest BCUT2D eigenvalue weighted by atomic mass is 9.96. The van der Waals surface area contributed by atoms with Gasteiger partial charge in [0, 0.05) is 44.7 Å². The van der Waals surface area contributed by atoms with Crippen molar-refractivity contribution in [1.29, 1.82) is 0 Å². The number of carbonyl (C=O) groups is 2. The van der Waals surface area contributed by atoms with Crippen LogP contribution in [0.2, 0.25) is 0 Å². The third-order valence-corrected chi connectivity index (χ3v) is 6.23. The first kappa shape index (κ1) is 16.7. The Balaban J connectivity index is 1.65. The number of Topliss-reactive ketones (excluding diaryl/α,β-unsaturated/α-hetero) is 1. The van der Waals surface area contributed by atoms with Crippen LogP contribution in [0.5, 0.6) is 0 Å². The van der Waals surface area contributed by atoms with Crippen LogP contribution in [-0.4, -0.2) is 71.8 Å². The Morgan fingerprint density at radius 3 is 2.60 bits per heavy atom. The molecule has 2 saturated heterocycles. The number of hydrogen-bond acceptors (Lipinski definition) is 4. The highest BCUT2D eigenvalue weighted by Crippen LogP contribution is 2.38. The average molecular weight is 341 g/mol. The van der Waals surface area contributed by atoms with E-state index in [0.29, 0.717) is 6.42 Å². The zero-order valence-electron chi connectivity index (χ0n) is 15.2. The monoisotopic (exact) mass is 341 g/mol. The molecule has 1 aromatic rings. The summed E-state index contributed by atoms with van der Waals surface area (Å²) in [5.41, 5.74) is 1.37. The summed E-state index contributed by atoms with van der Waals surface area (Å²) >= 11 is 0. The Kier molecular flexibility index (Phi) is 4.16. The molecule has 1 aliphatic carbocycles. The normalized spacial score (nSPS) is 30.7. The van der Waals surface area contributed by atoms with Gasteiger partial charge in [-0.3, -0.25) is 14.5 Å². The number of likely N-dealkylation sites (N-methyl/N-ethyl adjacent to an activating group) is 1. The van der Waals surface area contributed by atoms with Gasteiger partial charge in [-0.1, -0.05) is 24.3 Å². The largest absolute Gasteiger partial charge is 0.321 e. The van der Waals surface area contributed by atoms with Gasteiger partial charge in [-0.2, -0.15) is 0 Å². The number of benzene rings is 1. The lowest BCUT2D eigenvalue weighted by Gasteiger charge is -2.53. The summed E-state index contributed by atoms with van der Waals surface area (Å²) < 4.78 is 0. The molecule has 0 N–H and O–H groups in total. The zero-order valence-corrected chi connectivity index (χ0v) is 15.2. The second-order valence-electron chi connectivity index (χ2n) is 7.91. The molecule has 5 heteroatoms. The van der Waals surface area contributed by atoms with Crippen molar-refractivity contribution in [3.05, 3.63) is 35.4 Å². The minimum Gasteiger partial charge on any atom is -0.321 e. The summed E-state index contributed by atoms with van der Waals surface area (Å²) in [5, 5.41) is 0. The summed E-state index contributed by atoms with van der Waals surface area (Å²) in [6.07, 6.45) is 2.72. The first-order valence-corrected chi connectivity index (χ1v) is 9.38. The number of carbonyl (C=O) groups excluding carboxylic acids is 2. The van der Waals surface area contributed by atoms with Crippen molar-refractivity contribution in [1.82, 2.24) is 14.7 Å². The van der Waals surface area contributed by atoms with Gasteiger partial charge in [-0.25, -0.2) is 0 Å². The van der Waals surface area contributed by atoms with Gasteiger partial charge < -0.3 is 9.80 Å². The lowest BCUT2D eigenvalue weighted by Crippen LogP contribution is -2.69.